The zero-order valence-corrected chi connectivity index (χ0v) is 11.2. The quantitative estimate of drug-likeness (QED) is 0.787. The van der Waals surface area contributed by atoms with Crippen molar-refractivity contribution in [2.75, 3.05) is 5.73 Å². The molecule has 0 atom stereocenters. The maximum absolute atomic E-state index is 13.8. The Bertz CT molecular complexity index is 794. The van der Waals surface area contributed by atoms with E-state index in [9.17, 15) is 8.78 Å². The van der Waals surface area contributed by atoms with Gasteiger partial charge in [-0.25, -0.2) is 8.78 Å². The first-order valence-electron chi connectivity index (χ1n) is 6.30. The topological polar surface area (TPSA) is 56.7 Å². The molecule has 0 bridgehead atoms. The van der Waals surface area contributed by atoms with E-state index in [4.69, 9.17) is 5.73 Å². The van der Waals surface area contributed by atoms with Gasteiger partial charge in [-0.3, -0.25) is 0 Å². The third-order valence-electron chi connectivity index (χ3n) is 3.17. The number of halogens is 2. The molecule has 2 aromatic carbocycles. The highest BCUT2D eigenvalue weighted by molar-refractivity contribution is 5.71. The molecule has 0 spiro atoms. The lowest BCUT2D eigenvalue weighted by Gasteiger charge is -2.04. The Morgan fingerprint density at radius 2 is 1.76 bits per heavy atom. The van der Waals surface area contributed by atoms with Crippen LogP contribution in [-0.4, -0.2) is 15.0 Å². The molecule has 0 aliphatic heterocycles. The molecule has 0 saturated heterocycles. The number of nitrogens with zero attached hydrogens (tertiary/aromatic N) is 3. The first kappa shape index (κ1) is 13.2. The van der Waals surface area contributed by atoms with Crippen molar-refractivity contribution in [2.45, 2.75) is 6.92 Å². The Balaban J connectivity index is 2.11. The summed E-state index contributed by atoms with van der Waals surface area (Å²) in [6, 6.07) is 10.6. The molecule has 0 unspecified atom stereocenters. The van der Waals surface area contributed by atoms with Gasteiger partial charge < -0.3 is 5.73 Å². The first-order valence-corrected chi connectivity index (χ1v) is 6.30. The first-order chi connectivity index (χ1) is 10.1. The van der Waals surface area contributed by atoms with E-state index in [2.05, 4.69) is 10.3 Å². The fourth-order valence-electron chi connectivity index (χ4n) is 2.04. The lowest BCUT2D eigenvalue weighted by molar-refractivity contribution is 0.602. The number of benzene rings is 2. The average molecular weight is 286 g/mol. The Morgan fingerprint density at radius 1 is 1.05 bits per heavy atom. The van der Waals surface area contributed by atoms with Gasteiger partial charge in [0.1, 0.15) is 17.3 Å². The van der Waals surface area contributed by atoms with E-state index in [1.807, 2.05) is 31.2 Å². The zero-order chi connectivity index (χ0) is 15.0. The largest absolute Gasteiger partial charge is 0.382 e. The Morgan fingerprint density at radius 3 is 2.48 bits per heavy atom. The van der Waals surface area contributed by atoms with E-state index in [1.165, 1.54) is 4.68 Å². The summed E-state index contributed by atoms with van der Waals surface area (Å²) in [5, 5.41) is 7.78. The van der Waals surface area contributed by atoms with Gasteiger partial charge in [0.25, 0.3) is 0 Å². The van der Waals surface area contributed by atoms with Crippen molar-refractivity contribution in [1.29, 1.82) is 0 Å². The van der Waals surface area contributed by atoms with Crippen molar-refractivity contribution in [3.05, 3.63) is 59.7 Å². The number of nitrogens with two attached hydrogens (primary N) is 1. The molecule has 1 heterocycles. The van der Waals surface area contributed by atoms with Crippen LogP contribution in [0.5, 0.6) is 0 Å². The van der Waals surface area contributed by atoms with Gasteiger partial charge in [0, 0.05) is 5.56 Å². The van der Waals surface area contributed by atoms with Gasteiger partial charge in [-0.15, -0.1) is 5.10 Å². The second kappa shape index (κ2) is 4.97. The minimum atomic E-state index is -0.598. The van der Waals surface area contributed by atoms with Crippen molar-refractivity contribution in [1.82, 2.24) is 15.0 Å². The fourth-order valence-corrected chi connectivity index (χ4v) is 2.04. The van der Waals surface area contributed by atoms with Crippen LogP contribution in [0.3, 0.4) is 0 Å². The van der Waals surface area contributed by atoms with Crippen molar-refractivity contribution in [2.24, 2.45) is 0 Å². The van der Waals surface area contributed by atoms with Crippen molar-refractivity contribution in [3.63, 3.8) is 0 Å². The minimum absolute atomic E-state index is 0.00846. The predicted molar refractivity (Wildman–Crippen MR) is 75.9 cm³/mol. The molecule has 3 aromatic rings. The zero-order valence-electron chi connectivity index (χ0n) is 11.2. The highest BCUT2D eigenvalue weighted by atomic mass is 19.1. The van der Waals surface area contributed by atoms with Crippen LogP contribution in [0.1, 0.15) is 5.56 Å². The highest BCUT2D eigenvalue weighted by Crippen LogP contribution is 2.28. The van der Waals surface area contributed by atoms with E-state index in [1.54, 1.807) is 0 Å². The van der Waals surface area contributed by atoms with Crippen molar-refractivity contribution >= 4 is 5.82 Å². The van der Waals surface area contributed by atoms with Gasteiger partial charge in [-0.2, -0.15) is 4.68 Å². The van der Waals surface area contributed by atoms with E-state index in [0.29, 0.717) is 5.69 Å². The van der Waals surface area contributed by atoms with Crippen LogP contribution < -0.4 is 5.73 Å². The Kier molecular flexibility index (Phi) is 3.13. The van der Waals surface area contributed by atoms with Crippen molar-refractivity contribution < 1.29 is 8.78 Å². The lowest BCUT2D eigenvalue weighted by Crippen LogP contribution is -2.02. The Hall–Kier alpha value is -2.76. The molecule has 6 heteroatoms. The van der Waals surface area contributed by atoms with Crippen LogP contribution >= 0.6 is 0 Å². The fraction of sp³-hybridized carbons (Fsp3) is 0.0667. The number of nitrogen functional groups attached to an aromatic ring is 1. The number of aromatic nitrogens is 3. The van der Waals surface area contributed by atoms with Gasteiger partial charge in [0.05, 0.1) is 5.69 Å². The maximum atomic E-state index is 13.8. The number of anilines is 1. The second-order valence-corrected chi connectivity index (χ2v) is 4.69. The molecule has 3 rings (SSSR count). The molecule has 2 N–H and O–H groups in total. The average Bonchev–Trinajstić information content (AvgIpc) is 2.84. The number of hydrogen-bond acceptors (Lipinski definition) is 3. The van der Waals surface area contributed by atoms with Crippen LogP contribution in [0.2, 0.25) is 0 Å². The van der Waals surface area contributed by atoms with Gasteiger partial charge in [-0.05, 0) is 37.3 Å². The maximum Gasteiger partial charge on any atom is 0.156 e. The van der Waals surface area contributed by atoms with Crippen LogP contribution in [0, 0.1) is 18.6 Å². The number of aryl methyl sites for hydroxylation is 1. The van der Waals surface area contributed by atoms with Crippen LogP contribution in [0.15, 0.2) is 42.5 Å². The normalized spacial score (nSPS) is 10.8. The summed E-state index contributed by atoms with van der Waals surface area (Å²) in [5.74, 6) is -1.00. The SMILES string of the molecule is Cc1ccc(-n2nnc(-c3cc(F)ccc3F)c2N)cc1. The van der Waals surface area contributed by atoms with Gasteiger partial charge in [-0.1, -0.05) is 22.9 Å². The molecule has 106 valence electrons. The van der Waals surface area contributed by atoms with Crippen LogP contribution in [0.25, 0.3) is 16.9 Å². The van der Waals surface area contributed by atoms with Crippen molar-refractivity contribution in [3.8, 4) is 16.9 Å². The summed E-state index contributed by atoms with van der Waals surface area (Å²) >= 11 is 0. The summed E-state index contributed by atoms with van der Waals surface area (Å²) in [4.78, 5) is 0. The molecule has 0 saturated carbocycles. The summed E-state index contributed by atoms with van der Waals surface area (Å²) < 4.78 is 28.5. The van der Waals surface area contributed by atoms with Gasteiger partial charge >= 0.3 is 0 Å². The monoisotopic (exact) mass is 286 g/mol. The molecular formula is C15H12F2N4. The van der Waals surface area contributed by atoms with Crippen LogP contribution in [0.4, 0.5) is 14.6 Å². The molecular weight excluding hydrogens is 274 g/mol. The van der Waals surface area contributed by atoms with Gasteiger partial charge in [0.2, 0.25) is 0 Å². The van der Waals surface area contributed by atoms with E-state index < -0.39 is 11.6 Å². The third-order valence-corrected chi connectivity index (χ3v) is 3.17. The smallest absolute Gasteiger partial charge is 0.156 e. The third kappa shape index (κ3) is 2.35. The number of rotatable bonds is 2. The summed E-state index contributed by atoms with van der Waals surface area (Å²) in [5.41, 5.74) is 7.88. The van der Waals surface area contributed by atoms with E-state index in [-0.39, 0.29) is 17.1 Å². The second-order valence-electron chi connectivity index (χ2n) is 4.69. The molecule has 4 nitrogen and oxygen atoms in total. The molecule has 0 radical (unpaired) electrons. The highest BCUT2D eigenvalue weighted by Gasteiger charge is 2.17. The minimum Gasteiger partial charge on any atom is -0.382 e. The Labute approximate surface area is 119 Å². The summed E-state index contributed by atoms with van der Waals surface area (Å²) in [6.07, 6.45) is 0. The number of hydrogen-bond donors (Lipinski definition) is 1. The predicted octanol–water partition coefficient (Wildman–Crippen LogP) is 3.10. The molecule has 0 aliphatic carbocycles. The molecule has 0 fully saturated rings. The molecule has 21 heavy (non-hydrogen) atoms. The van der Waals surface area contributed by atoms with Gasteiger partial charge in [0.15, 0.2) is 5.82 Å². The molecule has 0 aliphatic rings. The summed E-state index contributed by atoms with van der Waals surface area (Å²) in [7, 11) is 0. The van der Waals surface area contributed by atoms with E-state index in [0.717, 1.165) is 23.8 Å². The summed E-state index contributed by atoms with van der Waals surface area (Å²) in [6.45, 7) is 1.96. The molecule has 0 amide bonds. The van der Waals surface area contributed by atoms with Crippen LogP contribution in [-0.2, 0) is 0 Å². The van der Waals surface area contributed by atoms with E-state index >= 15 is 0 Å². The molecule has 1 aromatic heterocycles. The standard InChI is InChI=1S/C15H12F2N4/c1-9-2-5-11(6-3-9)21-15(18)14(19-20-21)12-8-10(16)4-7-13(12)17/h2-8H,18H2,1H3. The lowest BCUT2D eigenvalue weighted by atomic mass is 10.1.